The number of aliphatic hydroxyl groups excluding tert-OH is 1. The molecule has 0 saturated heterocycles. The molecule has 0 saturated carbocycles. The molecule has 2 aromatic rings. The van der Waals surface area contributed by atoms with Gasteiger partial charge in [-0.25, -0.2) is 0 Å². The molecule has 1 aliphatic heterocycles. The number of rotatable bonds is 6. The first kappa shape index (κ1) is 19.9. The first-order valence-electron chi connectivity index (χ1n) is 9.66. The fourth-order valence-corrected chi connectivity index (χ4v) is 8.53. The quantitative estimate of drug-likeness (QED) is 0.778. The van der Waals surface area contributed by atoms with Gasteiger partial charge in [0.1, 0.15) is 0 Å². The average molecular weight is 383 g/mol. The topological polar surface area (TPSA) is 38.7 Å². The van der Waals surface area contributed by atoms with Crippen molar-refractivity contribution in [2.24, 2.45) is 5.92 Å². The molecule has 0 aliphatic carbocycles. The third-order valence-electron chi connectivity index (χ3n) is 5.39. The van der Waals surface area contributed by atoms with Crippen molar-refractivity contribution in [2.75, 3.05) is 13.2 Å². The highest BCUT2D eigenvalue weighted by molar-refractivity contribution is 6.99. The summed E-state index contributed by atoms with van der Waals surface area (Å²) >= 11 is 0. The van der Waals surface area contributed by atoms with E-state index in [1.165, 1.54) is 10.4 Å². The Morgan fingerprint density at radius 1 is 1.00 bits per heavy atom. The molecule has 0 amide bonds. The summed E-state index contributed by atoms with van der Waals surface area (Å²) in [5.41, 5.74) is 0. The van der Waals surface area contributed by atoms with Crippen molar-refractivity contribution in [2.45, 2.75) is 38.3 Å². The molecule has 27 heavy (non-hydrogen) atoms. The molecule has 0 bridgehead atoms. The minimum absolute atomic E-state index is 0.0305. The van der Waals surface area contributed by atoms with E-state index in [1.807, 2.05) is 0 Å². The zero-order valence-electron chi connectivity index (χ0n) is 16.5. The van der Waals surface area contributed by atoms with E-state index in [0.717, 1.165) is 6.42 Å². The molecule has 1 heterocycles. The lowest BCUT2D eigenvalue weighted by atomic mass is 9.99. The Kier molecular flexibility index (Phi) is 6.20. The average Bonchev–Trinajstić information content (AvgIpc) is 2.67. The van der Waals surface area contributed by atoms with E-state index in [-0.39, 0.29) is 11.0 Å². The van der Waals surface area contributed by atoms with Crippen molar-refractivity contribution >= 4 is 18.7 Å². The van der Waals surface area contributed by atoms with Crippen molar-refractivity contribution in [3.63, 3.8) is 0 Å². The van der Waals surface area contributed by atoms with Gasteiger partial charge >= 0.3 is 0 Å². The van der Waals surface area contributed by atoms with E-state index in [0.29, 0.717) is 13.2 Å². The zero-order valence-corrected chi connectivity index (χ0v) is 17.5. The monoisotopic (exact) mass is 382 g/mol. The van der Waals surface area contributed by atoms with Crippen LogP contribution in [0.1, 0.15) is 27.2 Å². The van der Waals surface area contributed by atoms with Gasteiger partial charge in [0.15, 0.2) is 0 Å². The SMILES string of the molecule is CC(C)(C)[Si](OCCC1COC=CC1O)(c1ccccc1)c1ccccc1. The molecule has 2 atom stereocenters. The third-order valence-corrected chi connectivity index (χ3v) is 10.4. The normalized spacial score (nSPS) is 20.3. The summed E-state index contributed by atoms with van der Waals surface area (Å²) in [7, 11) is -2.50. The Morgan fingerprint density at radius 2 is 1.56 bits per heavy atom. The fourth-order valence-electron chi connectivity index (χ4n) is 3.95. The van der Waals surface area contributed by atoms with Crippen LogP contribution in [0.3, 0.4) is 0 Å². The molecular formula is C23H30O3Si. The number of hydrogen-bond acceptors (Lipinski definition) is 3. The Hall–Kier alpha value is -1.88. The first-order valence-corrected chi connectivity index (χ1v) is 11.6. The minimum atomic E-state index is -2.50. The van der Waals surface area contributed by atoms with Crippen LogP contribution in [0.4, 0.5) is 0 Å². The van der Waals surface area contributed by atoms with Crippen LogP contribution in [-0.4, -0.2) is 32.7 Å². The second kappa shape index (κ2) is 8.42. The standard InChI is InChI=1S/C23H30O3Si/c1-23(2,3)27(20-10-6-4-7-11-20,21-12-8-5-9-13-21)26-17-14-19-18-25-16-15-22(19)24/h4-13,15-16,19,22,24H,14,17-18H2,1-3H3. The van der Waals surface area contributed by atoms with Gasteiger partial charge in [-0.3, -0.25) is 0 Å². The Balaban J connectivity index is 1.93. The minimum Gasteiger partial charge on any atom is -0.501 e. The highest BCUT2D eigenvalue weighted by Gasteiger charge is 2.50. The smallest absolute Gasteiger partial charge is 0.261 e. The molecule has 2 aromatic carbocycles. The summed E-state index contributed by atoms with van der Waals surface area (Å²) in [6, 6.07) is 21.3. The van der Waals surface area contributed by atoms with E-state index in [9.17, 15) is 5.11 Å². The predicted molar refractivity (Wildman–Crippen MR) is 113 cm³/mol. The maximum absolute atomic E-state index is 10.2. The lowest BCUT2D eigenvalue weighted by Gasteiger charge is -2.43. The van der Waals surface area contributed by atoms with Gasteiger partial charge in [0.25, 0.3) is 8.32 Å². The maximum atomic E-state index is 10.2. The van der Waals surface area contributed by atoms with Crippen LogP contribution in [0, 0.1) is 5.92 Å². The molecular weight excluding hydrogens is 352 g/mol. The molecule has 144 valence electrons. The summed E-state index contributed by atoms with van der Waals surface area (Å²) < 4.78 is 12.3. The second-order valence-electron chi connectivity index (χ2n) is 8.21. The Morgan fingerprint density at radius 3 is 2.04 bits per heavy atom. The van der Waals surface area contributed by atoms with Crippen LogP contribution in [0.25, 0.3) is 0 Å². The molecule has 2 unspecified atom stereocenters. The van der Waals surface area contributed by atoms with Crippen LogP contribution < -0.4 is 10.4 Å². The third kappa shape index (κ3) is 4.18. The summed E-state index contributed by atoms with van der Waals surface area (Å²) in [6.07, 6.45) is 3.62. The molecule has 0 fully saturated rings. The molecule has 4 heteroatoms. The van der Waals surface area contributed by atoms with E-state index >= 15 is 0 Å². The highest BCUT2D eigenvalue weighted by atomic mass is 28.4. The Bertz CT molecular complexity index is 698. The van der Waals surface area contributed by atoms with Gasteiger partial charge in [-0.05, 0) is 27.9 Å². The molecule has 1 N–H and O–H groups in total. The van der Waals surface area contributed by atoms with Gasteiger partial charge < -0.3 is 14.3 Å². The van der Waals surface area contributed by atoms with Crippen molar-refractivity contribution in [3.05, 3.63) is 73.0 Å². The highest BCUT2D eigenvalue weighted by Crippen LogP contribution is 2.37. The van der Waals surface area contributed by atoms with E-state index < -0.39 is 14.4 Å². The van der Waals surface area contributed by atoms with Gasteiger partial charge in [-0.2, -0.15) is 0 Å². The van der Waals surface area contributed by atoms with Crippen molar-refractivity contribution in [3.8, 4) is 0 Å². The summed E-state index contributed by atoms with van der Waals surface area (Å²) in [4.78, 5) is 0. The van der Waals surface area contributed by atoms with Crippen LogP contribution in [0.5, 0.6) is 0 Å². The lowest BCUT2D eigenvalue weighted by molar-refractivity contribution is 0.0545. The van der Waals surface area contributed by atoms with Crippen molar-refractivity contribution < 1.29 is 14.3 Å². The van der Waals surface area contributed by atoms with Gasteiger partial charge in [-0.1, -0.05) is 81.4 Å². The predicted octanol–water partition coefficient (Wildman–Crippen LogP) is 3.47. The molecule has 0 spiro atoms. The maximum Gasteiger partial charge on any atom is 0.261 e. The van der Waals surface area contributed by atoms with Crippen LogP contribution in [0.2, 0.25) is 5.04 Å². The summed E-state index contributed by atoms with van der Waals surface area (Å²) in [5, 5.41) is 12.7. The van der Waals surface area contributed by atoms with Gasteiger partial charge in [0.05, 0.1) is 19.0 Å². The molecule has 0 aromatic heterocycles. The number of hydrogen-bond donors (Lipinski definition) is 1. The van der Waals surface area contributed by atoms with Crippen molar-refractivity contribution in [1.29, 1.82) is 0 Å². The van der Waals surface area contributed by atoms with E-state index in [4.69, 9.17) is 9.16 Å². The number of ether oxygens (including phenoxy) is 1. The molecule has 1 aliphatic rings. The molecule has 0 radical (unpaired) electrons. The lowest BCUT2D eigenvalue weighted by Crippen LogP contribution is -2.66. The number of benzene rings is 2. The fraction of sp³-hybridized carbons (Fsp3) is 0.391. The largest absolute Gasteiger partial charge is 0.501 e. The van der Waals surface area contributed by atoms with Gasteiger partial charge in [-0.15, -0.1) is 0 Å². The zero-order chi connectivity index (χ0) is 19.3. The van der Waals surface area contributed by atoms with Crippen LogP contribution in [-0.2, 0) is 9.16 Å². The number of aliphatic hydroxyl groups is 1. The molecule has 3 nitrogen and oxygen atoms in total. The van der Waals surface area contributed by atoms with Gasteiger partial charge in [0, 0.05) is 12.5 Å². The van der Waals surface area contributed by atoms with Crippen LogP contribution >= 0.6 is 0 Å². The van der Waals surface area contributed by atoms with Gasteiger partial charge in [0.2, 0.25) is 0 Å². The summed E-state index contributed by atoms with van der Waals surface area (Å²) in [6.45, 7) is 7.98. The van der Waals surface area contributed by atoms with Crippen molar-refractivity contribution in [1.82, 2.24) is 0 Å². The van der Waals surface area contributed by atoms with Crippen LogP contribution in [0.15, 0.2) is 73.0 Å². The second-order valence-corrected chi connectivity index (χ2v) is 12.5. The molecule has 3 rings (SSSR count). The summed E-state index contributed by atoms with van der Waals surface area (Å²) in [5.74, 6) is 0.0771. The van der Waals surface area contributed by atoms with E-state index in [2.05, 4.69) is 81.4 Å². The van der Waals surface area contributed by atoms with E-state index in [1.54, 1.807) is 12.3 Å². The first-order chi connectivity index (χ1) is 12.9. The Labute approximate surface area is 163 Å².